The second-order valence-corrected chi connectivity index (χ2v) is 5.17. The number of aromatic nitrogens is 1. The molecule has 1 aliphatic rings. The zero-order valence-corrected chi connectivity index (χ0v) is 10.6. The lowest BCUT2D eigenvalue weighted by Gasteiger charge is -2.02. The molecule has 1 aromatic rings. The van der Waals surface area contributed by atoms with Gasteiger partial charge >= 0.3 is 0 Å². The van der Waals surface area contributed by atoms with Gasteiger partial charge in [-0.15, -0.1) is 11.3 Å². The molecule has 1 heterocycles. The third kappa shape index (κ3) is 3.25. The van der Waals surface area contributed by atoms with Gasteiger partial charge in [0.15, 0.2) is 0 Å². The quantitative estimate of drug-likeness (QED) is 0.790. The van der Waals surface area contributed by atoms with Gasteiger partial charge in [-0.2, -0.15) is 0 Å². The molecule has 0 saturated heterocycles. The van der Waals surface area contributed by atoms with Gasteiger partial charge in [0.05, 0.1) is 18.9 Å². The van der Waals surface area contributed by atoms with Crippen LogP contribution in [0.2, 0.25) is 0 Å². The van der Waals surface area contributed by atoms with E-state index in [4.69, 9.17) is 9.47 Å². The predicted molar refractivity (Wildman–Crippen MR) is 63.4 cm³/mol. The molecule has 0 radical (unpaired) electrons. The van der Waals surface area contributed by atoms with Crippen molar-refractivity contribution in [1.29, 1.82) is 0 Å². The van der Waals surface area contributed by atoms with Crippen LogP contribution in [0.4, 0.5) is 0 Å². The smallest absolute Gasteiger partial charge is 0.119 e. The average molecular weight is 242 g/mol. The van der Waals surface area contributed by atoms with Gasteiger partial charge in [0.25, 0.3) is 0 Å². The van der Waals surface area contributed by atoms with Crippen LogP contribution >= 0.6 is 11.3 Å². The van der Waals surface area contributed by atoms with E-state index in [2.05, 4.69) is 10.3 Å². The number of thiazole rings is 1. The van der Waals surface area contributed by atoms with Crippen LogP contribution in [0.3, 0.4) is 0 Å². The Bertz CT molecular complexity index is 337. The maximum atomic E-state index is 5.16. The normalized spacial score (nSPS) is 15.6. The Morgan fingerprint density at radius 1 is 1.31 bits per heavy atom. The summed E-state index contributed by atoms with van der Waals surface area (Å²) in [6.07, 6.45) is 2.62. The Labute approximate surface area is 100.0 Å². The molecule has 0 aromatic carbocycles. The van der Waals surface area contributed by atoms with Crippen molar-refractivity contribution in [3.8, 4) is 0 Å². The first kappa shape index (κ1) is 12.0. The summed E-state index contributed by atoms with van der Waals surface area (Å²) in [5, 5.41) is 4.53. The summed E-state index contributed by atoms with van der Waals surface area (Å²) < 4.78 is 10.3. The number of hydrogen-bond donors (Lipinski definition) is 1. The van der Waals surface area contributed by atoms with E-state index in [-0.39, 0.29) is 0 Å². The van der Waals surface area contributed by atoms with Crippen LogP contribution in [-0.4, -0.2) is 25.2 Å². The van der Waals surface area contributed by atoms with Crippen molar-refractivity contribution in [1.82, 2.24) is 10.3 Å². The maximum absolute atomic E-state index is 5.16. The lowest BCUT2D eigenvalue weighted by molar-refractivity contribution is 0.176. The summed E-state index contributed by atoms with van der Waals surface area (Å²) in [4.78, 5) is 5.80. The molecule has 0 atom stereocenters. The van der Waals surface area contributed by atoms with E-state index >= 15 is 0 Å². The topological polar surface area (TPSA) is 43.4 Å². The Balaban J connectivity index is 1.99. The number of nitrogens with zero attached hydrogens (tertiary/aromatic N) is 1. The zero-order valence-electron chi connectivity index (χ0n) is 9.78. The maximum Gasteiger partial charge on any atom is 0.119 e. The molecule has 1 fully saturated rings. The summed E-state index contributed by atoms with van der Waals surface area (Å²) in [5.41, 5.74) is 1.05. The molecule has 0 aliphatic heterocycles. The van der Waals surface area contributed by atoms with Crippen molar-refractivity contribution in [2.75, 3.05) is 14.2 Å². The van der Waals surface area contributed by atoms with E-state index in [0.717, 1.165) is 23.3 Å². The summed E-state index contributed by atoms with van der Waals surface area (Å²) in [5.74, 6) is 0. The zero-order chi connectivity index (χ0) is 11.4. The summed E-state index contributed by atoms with van der Waals surface area (Å²) in [7, 11) is 3.40. The molecule has 0 spiro atoms. The second-order valence-electron chi connectivity index (χ2n) is 4.00. The molecule has 1 N–H and O–H groups in total. The van der Waals surface area contributed by atoms with E-state index in [1.54, 1.807) is 25.6 Å². The molecule has 0 amide bonds. The van der Waals surface area contributed by atoms with Crippen molar-refractivity contribution in [3.63, 3.8) is 0 Å². The highest BCUT2D eigenvalue weighted by Crippen LogP contribution is 2.23. The van der Waals surface area contributed by atoms with Gasteiger partial charge in [0, 0.05) is 31.7 Å². The van der Waals surface area contributed by atoms with Crippen LogP contribution in [0.25, 0.3) is 0 Å². The monoisotopic (exact) mass is 242 g/mol. The lowest BCUT2D eigenvalue weighted by Crippen LogP contribution is -2.15. The highest BCUT2D eigenvalue weighted by molar-refractivity contribution is 7.11. The Morgan fingerprint density at radius 3 is 2.69 bits per heavy atom. The summed E-state index contributed by atoms with van der Waals surface area (Å²) >= 11 is 1.72. The van der Waals surface area contributed by atoms with Crippen LogP contribution in [0.5, 0.6) is 0 Å². The minimum Gasteiger partial charge on any atom is -0.378 e. The van der Waals surface area contributed by atoms with Gasteiger partial charge in [-0.3, -0.25) is 0 Å². The molecule has 16 heavy (non-hydrogen) atoms. The molecule has 1 saturated carbocycles. The predicted octanol–water partition coefficient (Wildman–Crippen LogP) is 1.69. The number of ether oxygens (including phenoxy) is 2. The number of rotatable bonds is 7. The molecule has 4 nitrogen and oxygen atoms in total. The fourth-order valence-electron chi connectivity index (χ4n) is 1.53. The first-order valence-corrected chi connectivity index (χ1v) is 6.34. The molecular weight excluding hydrogens is 224 g/mol. The van der Waals surface area contributed by atoms with Crippen molar-refractivity contribution in [2.45, 2.75) is 38.6 Å². The third-order valence-electron chi connectivity index (χ3n) is 2.50. The van der Waals surface area contributed by atoms with Crippen LogP contribution in [0, 0.1) is 0 Å². The van der Waals surface area contributed by atoms with Gasteiger partial charge in [-0.05, 0) is 12.8 Å². The first-order valence-electron chi connectivity index (χ1n) is 5.52. The van der Waals surface area contributed by atoms with Gasteiger partial charge in [0.2, 0.25) is 0 Å². The van der Waals surface area contributed by atoms with E-state index in [1.165, 1.54) is 17.7 Å². The third-order valence-corrected chi connectivity index (χ3v) is 3.57. The summed E-state index contributed by atoms with van der Waals surface area (Å²) in [6.45, 7) is 2.08. The summed E-state index contributed by atoms with van der Waals surface area (Å²) in [6, 6.07) is 0.725. The molecule has 0 bridgehead atoms. The van der Waals surface area contributed by atoms with Crippen LogP contribution in [0.15, 0.2) is 0 Å². The number of methoxy groups -OCH3 is 2. The molecule has 5 heteroatoms. The lowest BCUT2D eigenvalue weighted by atomic mass is 10.3. The highest BCUT2D eigenvalue weighted by atomic mass is 32.1. The SMILES string of the molecule is COCc1nc(COC)c(CNC2CC2)s1. The fourth-order valence-corrected chi connectivity index (χ4v) is 2.53. The molecule has 2 rings (SSSR count). The molecule has 0 unspecified atom stereocenters. The van der Waals surface area contributed by atoms with Crippen LogP contribution < -0.4 is 5.32 Å². The Hall–Kier alpha value is -0.490. The fraction of sp³-hybridized carbons (Fsp3) is 0.727. The minimum atomic E-state index is 0.585. The van der Waals surface area contributed by atoms with E-state index in [1.807, 2.05) is 0 Å². The second kappa shape index (κ2) is 5.72. The van der Waals surface area contributed by atoms with E-state index in [9.17, 15) is 0 Å². The van der Waals surface area contributed by atoms with Crippen LogP contribution in [-0.2, 0) is 29.2 Å². The Kier molecular flexibility index (Phi) is 4.29. The van der Waals surface area contributed by atoms with Gasteiger partial charge in [0.1, 0.15) is 5.01 Å². The van der Waals surface area contributed by atoms with Crippen LogP contribution in [0.1, 0.15) is 28.4 Å². The minimum absolute atomic E-state index is 0.585. The van der Waals surface area contributed by atoms with Gasteiger partial charge in [-0.1, -0.05) is 0 Å². The van der Waals surface area contributed by atoms with Gasteiger partial charge < -0.3 is 14.8 Å². The van der Waals surface area contributed by atoms with Gasteiger partial charge in [-0.25, -0.2) is 4.98 Å². The first-order chi connectivity index (χ1) is 7.83. The molecule has 90 valence electrons. The van der Waals surface area contributed by atoms with E-state index in [0.29, 0.717) is 13.2 Å². The molecule has 1 aromatic heterocycles. The number of nitrogens with one attached hydrogen (secondary N) is 1. The largest absolute Gasteiger partial charge is 0.378 e. The van der Waals surface area contributed by atoms with Crippen molar-refractivity contribution >= 4 is 11.3 Å². The average Bonchev–Trinajstić information content (AvgIpc) is 3.01. The number of hydrogen-bond acceptors (Lipinski definition) is 5. The Morgan fingerprint density at radius 2 is 2.06 bits per heavy atom. The van der Waals surface area contributed by atoms with Crippen molar-refractivity contribution in [3.05, 3.63) is 15.6 Å². The van der Waals surface area contributed by atoms with Crippen molar-refractivity contribution in [2.24, 2.45) is 0 Å². The standard InChI is InChI=1S/C11H18N2O2S/c1-14-6-9-10(5-12-8-3-4-8)16-11(13-9)7-15-2/h8,12H,3-7H2,1-2H3. The van der Waals surface area contributed by atoms with E-state index < -0.39 is 0 Å². The molecular formula is C11H18N2O2S. The highest BCUT2D eigenvalue weighted by Gasteiger charge is 2.21. The molecule has 1 aliphatic carbocycles. The van der Waals surface area contributed by atoms with Crippen molar-refractivity contribution < 1.29 is 9.47 Å².